The quantitative estimate of drug-likeness (QED) is 0.152. The third-order valence-corrected chi connectivity index (χ3v) is 16.9. The van der Waals surface area contributed by atoms with E-state index < -0.39 is 10.8 Å². The minimum absolute atomic E-state index is 0.117. The van der Waals surface area contributed by atoms with Crippen molar-refractivity contribution in [2.75, 3.05) is 9.71 Å². The predicted molar refractivity (Wildman–Crippen MR) is 282 cm³/mol. The zero-order chi connectivity index (χ0) is 44.8. The first-order chi connectivity index (χ1) is 33.5. The number of aryl methyl sites for hydroxylation is 3. The van der Waals surface area contributed by atoms with Crippen LogP contribution in [0, 0.1) is 20.8 Å². The summed E-state index contributed by atoms with van der Waals surface area (Å²) < 4.78 is 0. The van der Waals surface area contributed by atoms with E-state index in [2.05, 4.69) is 237 Å². The van der Waals surface area contributed by atoms with Crippen LogP contribution >= 0.6 is 0 Å². The molecule has 68 heavy (non-hydrogen) atoms. The summed E-state index contributed by atoms with van der Waals surface area (Å²) in [7, 11) is 0. The van der Waals surface area contributed by atoms with E-state index in [0.29, 0.717) is 0 Å². The van der Waals surface area contributed by atoms with E-state index in [-0.39, 0.29) is 6.85 Å². The molecule has 0 aromatic heterocycles. The highest BCUT2D eigenvalue weighted by molar-refractivity contribution is 6.94. The molecule has 2 spiro atoms. The molecule has 10 aromatic carbocycles. The summed E-state index contributed by atoms with van der Waals surface area (Å²) in [4.78, 5) is 5.46. The van der Waals surface area contributed by atoms with Gasteiger partial charge in [0.05, 0.1) is 16.5 Å². The second-order valence-corrected chi connectivity index (χ2v) is 20.0. The summed E-state index contributed by atoms with van der Waals surface area (Å²) in [6.45, 7) is 6.70. The standard InChI is InChI=1S/C65H43BN2/c1-38-34-39(2)60(40(3)35-38)41-36-47-46-22-16-29-54-62(46)68(58-33-15-13-28-53(58)65(54)50-25-10-6-20-44(50)45-21-7-11-26-51(45)65)66-56-31-17-30-55-63(56)67(59(37-41)61(47)66)57-32-14-12-27-52(57)64(55)48-23-8-4-18-42(48)43-19-5-9-24-49(43)64/h4-37H,1-3H3. The Labute approximate surface area is 397 Å². The molecule has 16 rings (SSSR count). The zero-order valence-corrected chi connectivity index (χ0v) is 38.1. The molecule has 4 heterocycles. The molecule has 0 atom stereocenters. The highest BCUT2D eigenvalue weighted by Gasteiger charge is 2.59. The van der Waals surface area contributed by atoms with Crippen molar-refractivity contribution in [1.82, 2.24) is 0 Å². The summed E-state index contributed by atoms with van der Waals surface area (Å²) in [5.74, 6) is 0. The van der Waals surface area contributed by atoms with Crippen LogP contribution in [-0.2, 0) is 10.8 Å². The van der Waals surface area contributed by atoms with E-state index in [9.17, 15) is 0 Å². The fraction of sp³-hybridized carbons (Fsp3) is 0.0769. The highest BCUT2D eigenvalue weighted by atomic mass is 15.2. The normalized spacial score (nSPS) is 15.4. The van der Waals surface area contributed by atoms with E-state index in [1.54, 1.807) is 0 Å². The van der Waals surface area contributed by atoms with Gasteiger partial charge in [-0.25, -0.2) is 0 Å². The third kappa shape index (κ3) is 4.09. The molecule has 0 saturated heterocycles. The first kappa shape index (κ1) is 37.0. The highest BCUT2D eigenvalue weighted by Crippen LogP contribution is 2.67. The van der Waals surface area contributed by atoms with Crippen LogP contribution in [0.15, 0.2) is 206 Å². The minimum atomic E-state index is -0.521. The number of hydrogen-bond donors (Lipinski definition) is 0. The summed E-state index contributed by atoms with van der Waals surface area (Å²) >= 11 is 0. The van der Waals surface area contributed by atoms with Crippen LogP contribution < -0.4 is 20.6 Å². The zero-order valence-electron chi connectivity index (χ0n) is 38.1. The topological polar surface area (TPSA) is 6.48 Å². The average molecular weight is 863 g/mol. The number of fused-ring (bicyclic) bond motifs is 22. The van der Waals surface area contributed by atoms with Gasteiger partial charge in [0.25, 0.3) is 0 Å². The van der Waals surface area contributed by atoms with Crippen molar-refractivity contribution in [3.63, 3.8) is 0 Å². The lowest BCUT2D eigenvalue weighted by atomic mass is 9.41. The van der Waals surface area contributed by atoms with Crippen LogP contribution in [0.3, 0.4) is 0 Å². The van der Waals surface area contributed by atoms with Gasteiger partial charge in [-0.2, -0.15) is 0 Å². The monoisotopic (exact) mass is 862 g/mol. The molecule has 0 amide bonds. The molecule has 6 aliphatic rings. The summed E-state index contributed by atoms with van der Waals surface area (Å²) in [5, 5.41) is 0. The number of rotatable bonds is 1. The largest absolute Gasteiger partial charge is 0.376 e. The van der Waals surface area contributed by atoms with Gasteiger partial charge in [-0.3, -0.25) is 0 Å². The molecule has 3 heteroatoms. The van der Waals surface area contributed by atoms with Gasteiger partial charge < -0.3 is 9.71 Å². The van der Waals surface area contributed by atoms with Gasteiger partial charge in [-0.1, -0.05) is 188 Å². The maximum atomic E-state index is 2.78. The molecular weight excluding hydrogens is 820 g/mol. The number of para-hydroxylation sites is 4. The van der Waals surface area contributed by atoms with Gasteiger partial charge in [-0.05, 0) is 151 Å². The molecule has 2 nitrogen and oxygen atoms in total. The summed E-state index contributed by atoms with van der Waals surface area (Å²) in [6.07, 6.45) is 0. The fourth-order valence-corrected chi connectivity index (χ4v) is 14.9. The Hall–Kier alpha value is -8.14. The van der Waals surface area contributed by atoms with Gasteiger partial charge in [0.2, 0.25) is 0 Å². The lowest BCUT2D eigenvalue weighted by molar-refractivity contribution is 0.752. The molecule has 4 aliphatic heterocycles. The Bertz CT molecular complexity index is 3840. The fourth-order valence-electron chi connectivity index (χ4n) is 14.9. The Morgan fingerprint density at radius 3 is 1.37 bits per heavy atom. The van der Waals surface area contributed by atoms with E-state index in [1.165, 1.54) is 145 Å². The average Bonchev–Trinajstić information content (AvgIpc) is 3.84. The first-order valence-corrected chi connectivity index (χ1v) is 24.2. The van der Waals surface area contributed by atoms with Crippen LogP contribution in [0.5, 0.6) is 0 Å². The van der Waals surface area contributed by atoms with Crippen molar-refractivity contribution >= 4 is 46.2 Å². The van der Waals surface area contributed by atoms with Gasteiger partial charge in [0.15, 0.2) is 0 Å². The molecular formula is C65H43BN2. The Morgan fingerprint density at radius 2 is 0.794 bits per heavy atom. The van der Waals surface area contributed by atoms with Crippen LogP contribution in [0.2, 0.25) is 0 Å². The molecule has 0 fully saturated rings. The molecule has 0 N–H and O–H groups in total. The van der Waals surface area contributed by atoms with Crippen molar-refractivity contribution in [1.29, 1.82) is 0 Å². The summed E-state index contributed by atoms with van der Waals surface area (Å²) in [5.41, 5.74) is 33.2. The van der Waals surface area contributed by atoms with Gasteiger partial charge >= 0.3 is 6.85 Å². The minimum Gasteiger partial charge on any atom is -0.376 e. The van der Waals surface area contributed by atoms with Crippen LogP contribution in [-0.4, -0.2) is 6.85 Å². The Balaban J connectivity index is 1.09. The maximum absolute atomic E-state index is 2.78. The van der Waals surface area contributed by atoms with Crippen LogP contribution in [0.25, 0.3) is 44.5 Å². The third-order valence-electron chi connectivity index (χ3n) is 16.9. The first-order valence-electron chi connectivity index (χ1n) is 24.2. The molecule has 10 aromatic rings. The summed E-state index contributed by atoms with van der Waals surface area (Å²) in [6, 6.07) is 79.8. The van der Waals surface area contributed by atoms with Crippen molar-refractivity contribution in [3.05, 3.63) is 267 Å². The van der Waals surface area contributed by atoms with Gasteiger partial charge in [-0.15, -0.1) is 0 Å². The molecule has 316 valence electrons. The lowest BCUT2D eigenvalue weighted by Crippen LogP contribution is -2.64. The Morgan fingerprint density at radius 1 is 0.353 bits per heavy atom. The number of benzene rings is 10. The lowest BCUT2D eigenvalue weighted by Gasteiger charge is -2.54. The predicted octanol–water partition coefficient (Wildman–Crippen LogP) is 14.3. The number of anilines is 5. The number of hydrogen-bond acceptors (Lipinski definition) is 2. The van der Waals surface area contributed by atoms with Crippen molar-refractivity contribution in [2.45, 2.75) is 31.6 Å². The van der Waals surface area contributed by atoms with Crippen molar-refractivity contribution in [2.24, 2.45) is 0 Å². The van der Waals surface area contributed by atoms with Crippen LogP contribution in [0.1, 0.15) is 61.2 Å². The van der Waals surface area contributed by atoms with Crippen molar-refractivity contribution < 1.29 is 0 Å². The second kappa shape index (κ2) is 12.6. The van der Waals surface area contributed by atoms with E-state index in [4.69, 9.17) is 0 Å². The molecule has 0 radical (unpaired) electrons. The molecule has 0 unspecified atom stereocenters. The second-order valence-electron chi connectivity index (χ2n) is 20.0. The van der Waals surface area contributed by atoms with E-state index in [0.717, 1.165) is 0 Å². The Kier molecular flexibility index (Phi) is 6.88. The van der Waals surface area contributed by atoms with Crippen LogP contribution in [0.4, 0.5) is 28.4 Å². The van der Waals surface area contributed by atoms with E-state index >= 15 is 0 Å². The molecule has 2 aliphatic carbocycles. The molecule has 0 saturated carbocycles. The van der Waals surface area contributed by atoms with Gasteiger partial charge in [0.1, 0.15) is 0 Å². The maximum Gasteiger partial charge on any atom is 0.333 e. The van der Waals surface area contributed by atoms with Crippen molar-refractivity contribution in [3.8, 4) is 44.5 Å². The SMILES string of the molecule is Cc1cc(C)c(-c2cc3c4c(c2)N2c5ccccc5C5(c6ccccc6-c6ccccc65)c5cccc(c52)B4N2c4ccccc4C4(c5ccccc5-c5ccccc54)c4cccc-3c42)c(C)c1. The van der Waals surface area contributed by atoms with E-state index in [1.807, 2.05) is 0 Å². The smallest absolute Gasteiger partial charge is 0.333 e. The number of nitrogens with zero attached hydrogens (tertiary/aromatic N) is 2. The molecule has 0 bridgehead atoms. The van der Waals surface area contributed by atoms with Gasteiger partial charge in [0, 0.05) is 28.3 Å².